The minimum Gasteiger partial charge on any atom is -0.543 e. The molecule has 1 saturated heterocycles. The average molecular weight is 468 g/mol. The molecule has 2 unspecified atom stereocenters. The first-order valence-corrected chi connectivity index (χ1v) is 11.2. The van der Waals surface area contributed by atoms with E-state index in [0.29, 0.717) is 22.0 Å². The second kappa shape index (κ2) is 10.1. The van der Waals surface area contributed by atoms with Gasteiger partial charge in [-0.1, -0.05) is 42.1 Å². The maximum absolute atomic E-state index is 12.7. The standard InChI is InChI=1S/C18H18N6O5S2.Li/c1-23-18(20-21-22-23)31-8-10-7-30-16-11(15(27)24(16)12(10)17(28)29)19-14(26)13(25)9-5-3-2-4-6-9;/h2-6,11,13,16,25H,7-8H2,1H3,(H,19,26)(H,28,29);/q;+1/p-1/t11?,13?,16-;/m0./s1. The van der Waals surface area contributed by atoms with Gasteiger partial charge in [-0.05, 0) is 21.6 Å². The molecule has 2 aliphatic rings. The summed E-state index contributed by atoms with van der Waals surface area (Å²) < 4.78 is 1.46. The molecule has 162 valence electrons. The van der Waals surface area contributed by atoms with Gasteiger partial charge in [0, 0.05) is 18.6 Å². The summed E-state index contributed by atoms with van der Waals surface area (Å²) in [5, 5.41) is 35.6. The van der Waals surface area contributed by atoms with Crippen molar-refractivity contribution in [1.82, 2.24) is 30.4 Å². The number of fused-ring (bicyclic) bond motifs is 1. The maximum Gasteiger partial charge on any atom is 1.00 e. The minimum atomic E-state index is -1.46. The predicted octanol–water partition coefficient (Wildman–Crippen LogP) is -4.56. The number of carbonyl (C=O) groups excluding carboxylic acids is 3. The number of aliphatic carboxylic acids is 1. The van der Waals surface area contributed by atoms with Crippen LogP contribution in [0.2, 0.25) is 0 Å². The third-order valence-electron chi connectivity index (χ3n) is 4.86. The number of rotatable bonds is 7. The average Bonchev–Trinajstić information content (AvgIpc) is 3.19. The van der Waals surface area contributed by atoms with Crippen molar-refractivity contribution in [2.45, 2.75) is 22.7 Å². The van der Waals surface area contributed by atoms with Gasteiger partial charge in [0.05, 0.1) is 11.7 Å². The number of carboxylic acid groups (broad SMARTS) is 1. The molecule has 14 heteroatoms. The van der Waals surface area contributed by atoms with Crippen LogP contribution in [0, 0.1) is 0 Å². The Morgan fingerprint density at radius 2 is 2.09 bits per heavy atom. The zero-order valence-electron chi connectivity index (χ0n) is 17.2. The van der Waals surface area contributed by atoms with Crippen molar-refractivity contribution < 1.29 is 43.5 Å². The van der Waals surface area contributed by atoms with Crippen LogP contribution >= 0.6 is 23.5 Å². The molecular formula is C18H17LiN6O5S2. The quantitative estimate of drug-likeness (QED) is 0.231. The smallest absolute Gasteiger partial charge is 0.543 e. The molecule has 2 aromatic rings. The number of β-lactam (4-membered cyclic amide) rings is 1. The molecular weight excluding hydrogens is 451 g/mol. The molecule has 0 spiro atoms. The van der Waals surface area contributed by atoms with Crippen LogP contribution in [0.5, 0.6) is 0 Å². The fraction of sp³-hybridized carbons (Fsp3) is 0.333. The van der Waals surface area contributed by atoms with Gasteiger partial charge in [0.1, 0.15) is 11.4 Å². The zero-order chi connectivity index (χ0) is 22.1. The molecule has 4 rings (SSSR count). The Bertz CT molecular complexity index is 1070. The predicted molar refractivity (Wildman–Crippen MR) is 108 cm³/mol. The van der Waals surface area contributed by atoms with Gasteiger partial charge in [0.2, 0.25) is 5.16 Å². The van der Waals surface area contributed by atoms with E-state index in [1.54, 1.807) is 37.4 Å². The van der Waals surface area contributed by atoms with E-state index in [-0.39, 0.29) is 30.3 Å². The van der Waals surface area contributed by atoms with Crippen molar-refractivity contribution in [3.8, 4) is 0 Å². The summed E-state index contributed by atoms with van der Waals surface area (Å²) in [7, 11) is 1.66. The van der Waals surface area contributed by atoms with Crippen LogP contribution in [0.15, 0.2) is 46.8 Å². The third kappa shape index (κ3) is 4.57. The summed E-state index contributed by atoms with van der Waals surface area (Å²) in [5.41, 5.74) is 0.718. The molecule has 0 bridgehead atoms. The number of aliphatic hydroxyl groups excluding tert-OH is 1. The van der Waals surface area contributed by atoms with Gasteiger partial charge >= 0.3 is 18.9 Å². The zero-order valence-corrected chi connectivity index (χ0v) is 18.8. The Labute approximate surface area is 203 Å². The number of hydrogen-bond donors (Lipinski definition) is 2. The number of carboxylic acids is 1. The fourth-order valence-corrected chi connectivity index (χ4v) is 5.63. The van der Waals surface area contributed by atoms with Crippen molar-refractivity contribution in [3.63, 3.8) is 0 Å². The molecule has 0 radical (unpaired) electrons. The number of hydrogen-bond acceptors (Lipinski definition) is 10. The fourth-order valence-electron chi connectivity index (χ4n) is 3.30. The number of carbonyl (C=O) groups is 3. The Morgan fingerprint density at radius 1 is 1.38 bits per heavy atom. The number of nitrogens with one attached hydrogen (secondary N) is 1. The van der Waals surface area contributed by atoms with Gasteiger partial charge in [-0.3, -0.25) is 14.5 Å². The molecule has 3 heterocycles. The summed E-state index contributed by atoms with van der Waals surface area (Å²) in [5.74, 6) is -2.14. The Morgan fingerprint density at radius 3 is 2.72 bits per heavy atom. The number of amides is 2. The summed E-state index contributed by atoms with van der Waals surface area (Å²) in [6.07, 6.45) is -1.43. The summed E-state index contributed by atoms with van der Waals surface area (Å²) in [6, 6.07) is 7.40. The van der Waals surface area contributed by atoms with E-state index in [2.05, 4.69) is 20.8 Å². The summed E-state index contributed by atoms with van der Waals surface area (Å²) in [4.78, 5) is 38.0. The number of thioether (sulfide) groups is 2. The van der Waals surface area contributed by atoms with Crippen molar-refractivity contribution in [3.05, 3.63) is 47.2 Å². The van der Waals surface area contributed by atoms with Crippen molar-refractivity contribution in [2.75, 3.05) is 11.5 Å². The topological polar surface area (TPSA) is 153 Å². The van der Waals surface area contributed by atoms with Gasteiger partial charge in [0.15, 0.2) is 6.10 Å². The van der Waals surface area contributed by atoms with Crippen LogP contribution in [-0.4, -0.2) is 70.9 Å². The summed E-state index contributed by atoms with van der Waals surface area (Å²) >= 11 is 2.58. The van der Waals surface area contributed by atoms with Gasteiger partial charge in [-0.25, -0.2) is 4.68 Å². The first-order chi connectivity index (χ1) is 14.9. The normalized spacial score (nSPS) is 20.7. The Balaban J connectivity index is 0.00000289. The Kier molecular flexibility index (Phi) is 7.68. The van der Waals surface area contributed by atoms with E-state index in [1.807, 2.05) is 0 Å². The first-order valence-electron chi connectivity index (χ1n) is 9.15. The molecule has 1 fully saturated rings. The molecule has 1 aromatic carbocycles. The molecule has 2 N–H and O–H groups in total. The number of tetrazole rings is 1. The van der Waals surface area contributed by atoms with E-state index in [0.717, 1.165) is 4.90 Å². The first kappa shape index (κ1) is 24.3. The minimum absolute atomic E-state index is 0. The Hall–Kier alpha value is -2.30. The van der Waals surface area contributed by atoms with Crippen molar-refractivity contribution in [1.29, 1.82) is 0 Å². The van der Waals surface area contributed by atoms with Crippen LogP contribution in [0.25, 0.3) is 0 Å². The van der Waals surface area contributed by atoms with E-state index < -0.39 is 35.3 Å². The number of benzene rings is 1. The second-order valence-electron chi connectivity index (χ2n) is 6.82. The monoisotopic (exact) mass is 468 g/mol. The van der Waals surface area contributed by atoms with Crippen molar-refractivity contribution >= 4 is 41.3 Å². The number of aromatic nitrogens is 4. The molecule has 1 aromatic heterocycles. The molecule has 3 atom stereocenters. The van der Waals surface area contributed by atoms with E-state index >= 15 is 0 Å². The third-order valence-corrected chi connectivity index (χ3v) is 7.30. The SMILES string of the molecule is Cn1nnnc1SCC1=C(C(=O)[O-])N2C(=O)C(NC(=O)C(O)c3ccccc3)[C@@H]2SC1.[Li+]. The van der Waals surface area contributed by atoms with Crippen LogP contribution in [0.3, 0.4) is 0 Å². The van der Waals surface area contributed by atoms with Crippen LogP contribution in [-0.2, 0) is 21.4 Å². The van der Waals surface area contributed by atoms with E-state index in [4.69, 9.17) is 0 Å². The van der Waals surface area contributed by atoms with Crippen LogP contribution in [0.1, 0.15) is 11.7 Å². The summed E-state index contributed by atoms with van der Waals surface area (Å²) in [6.45, 7) is 0. The molecule has 2 amide bonds. The second-order valence-corrected chi connectivity index (χ2v) is 8.87. The molecule has 11 nitrogen and oxygen atoms in total. The molecule has 2 aliphatic heterocycles. The van der Waals surface area contributed by atoms with E-state index in [9.17, 15) is 24.6 Å². The van der Waals surface area contributed by atoms with Gasteiger partial charge in [0.25, 0.3) is 11.8 Å². The largest absolute Gasteiger partial charge is 1.00 e. The van der Waals surface area contributed by atoms with Gasteiger partial charge in [-0.15, -0.1) is 16.9 Å². The van der Waals surface area contributed by atoms with E-state index in [1.165, 1.54) is 28.2 Å². The van der Waals surface area contributed by atoms with Crippen LogP contribution < -0.4 is 29.3 Å². The van der Waals surface area contributed by atoms with Gasteiger partial charge in [-0.2, -0.15) is 0 Å². The number of nitrogens with zero attached hydrogens (tertiary/aromatic N) is 5. The maximum atomic E-state index is 12.7. The van der Waals surface area contributed by atoms with Gasteiger partial charge < -0.3 is 20.3 Å². The van der Waals surface area contributed by atoms with Crippen molar-refractivity contribution in [2.24, 2.45) is 7.05 Å². The molecule has 0 aliphatic carbocycles. The number of aryl methyl sites for hydroxylation is 1. The molecule has 32 heavy (non-hydrogen) atoms. The number of aliphatic hydroxyl groups is 1. The van der Waals surface area contributed by atoms with Crippen LogP contribution in [0.4, 0.5) is 0 Å². The molecule has 0 saturated carbocycles.